The Morgan fingerprint density at radius 2 is 2.16 bits per heavy atom. The number of benzene rings is 1. The molecule has 5 nitrogen and oxygen atoms in total. The standard InChI is InChI=1S/C13H12N4OS/c1-8-4-3-5-10-12(8)13(18)17(7-14-10)6-11-9(2)15-16-19-11/h3-5,7H,6H2,1-2H3. The maximum Gasteiger partial charge on any atom is 0.261 e. The molecular weight excluding hydrogens is 260 g/mol. The van der Waals surface area contributed by atoms with E-state index in [1.54, 1.807) is 10.9 Å². The Hall–Kier alpha value is -2.08. The minimum absolute atomic E-state index is 0.0177. The highest BCUT2D eigenvalue weighted by atomic mass is 32.1. The van der Waals surface area contributed by atoms with Gasteiger partial charge in [0.2, 0.25) is 0 Å². The van der Waals surface area contributed by atoms with Gasteiger partial charge in [-0.3, -0.25) is 9.36 Å². The predicted octanol–water partition coefficient (Wildman–Crippen LogP) is 1.91. The van der Waals surface area contributed by atoms with Gasteiger partial charge < -0.3 is 0 Å². The SMILES string of the molecule is Cc1nnsc1Cn1cnc2cccc(C)c2c1=O. The van der Waals surface area contributed by atoms with Crippen LogP contribution in [0.5, 0.6) is 0 Å². The van der Waals surface area contributed by atoms with Gasteiger partial charge in [-0.05, 0) is 37.0 Å². The van der Waals surface area contributed by atoms with Gasteiger partial charge in [-0.2, -0.15) is 0 Å². The summed E-state index contributed by atoms with van der Waals surface area (Å²) in [6.45, 7) is 4.29. The first-order valence-corrected chi connectivity index (χ1v) is 6.67. The quantitative estimate of drug-likeness (QED) is 0.715. The molecular formula is C13H12N4OS. The minimum atomic E-state index is -0.0177. The van der Waals surface area contributed by atoms with Crippen LogP contribution in [0.25, 0.3) is 10.9 Å². The van der Waals surface area contributed by atoms with Gasteiger partial charge in [0.05, 0.1) is 34.3 Å². The fourth-order valence-corrected chi connectivity index (χ4v) is 2.66. The number of nitrogens with zero attached hydrogens (tertiary/aromatic N) is 4. The molecule has 1 aromatic carbocycles. The third-order valence-electron chi connectivity index (χ3n) is 3.12. The van der Waals surface area contributed by atoms with E-state index in [2.05, 4.69) is 14.6 Å². The van der Waals surface area contributed by atoms with Crippen molar-refractivity contribution in [1.29, 1.82) is 0 Å². The molecule has 0 N–H and O–H groups in total. The van der Waals surface area contributed by atoms with Crippen LogP contribution in [0, 0.1) is 13.8 Å². The first kappa shape index (κ1) is 12.0. The summed E-state index contributed by atoms with van der Waals surface area (Å²) in [4.78, 5) is 17.8. The van der Waals surface area contributed by atoms with Crippen molar-refractivity contribution in [3.63, 3.8) is 0 Å². The molecule has 6 heteroatoms. The number of rotatable bonds is 2. The van der Waals surface area contributed by atoms with Crippen LogP contribution < -0.4 is 5.56 Å². The molecule has 96 valence electrons. The first-order chi connectivity index (χ1) is 9.16. The van der Waals surface area contributed by atoms with Crippen molar-refractivity contribution < 1.29 is 0 Å². The molecule has 0 spiro atoms. The van der Waals surface area contributed by atoms with Crippen LogP contribution >= 0.6 is 11.5 Å². The van der Waals surface area contributed by atoms with E-state index < -0.39 is 0 Å². The second-order valence-electron chi connectivity index (χ2n) is 4.43. The maximum absolute atomic E-state index is 12.5. The van der Waals surface area contributed by atoms with E-state index in [0.29, 0.717) is 11.9 Å². The predicted molar refractivity (Wildman–Crippen MR) is 74.5 cm³/mol. The van der Waals surface area contributed by atoms with E-state index >= 15 is 0 Å². The zero-order valence-electron chi connectivity index (χ0n) is 10.6. The third-order valence-corrected chi connectivity index (χ3v) is 3.93. The number of aryl methyl sites for hydroxylation is 2. The lowest BCUT2D eigenvalue weighted by Crippen LogP contribution is -2.21. The fraction of sp³-hybridized carbons (Fsp3) is 0.231. The van der Waals surface area contributed by atoms with E-state index in [-0.39, 0.29) is 5.56 Å². The van der Waals surface area contributed by atoms with Crippen LogP contribution in [0.3, 0.4) is 0 Å². The normalized spacial score (nSPS) is 11.1. The van der Waals surface area contributed by atoms with Crippen LogP contribution in [0.15, 0.2) is 29.3 Å². The smallest absolute Gasteiger partial charge is 0.261 e. The van der Waals surface area contributed by atoms with Gasteiger partial charge in [-0.15, -0.1) is 5.10 Å². The second kappa shape index (κ2) is 4.55. The fourth-order valence-electron chi connectivity index (χ4n) is 2.03. The number of hydrogen-bond donors (Lipinski definition) is 0. The summed E-state index contributed by atoms with van der Waals surface area (Å²) >= 11 is 1.31. The second-order valence-corrected chi connectivity index (χ2v) is 5.27. The van der Waals surface area contributed by atoms with Crippen molar-refractivity contribution in [2.24, 2.45) is 0 Å². The van der Waals surface area contributed by atoms with Crippen molar-refractivity contribution in [3.05, 3.63) is 51.0 Å². The Morgan fingerprint density at radius 1 is 1.32 bits per heavy atom. The summed E-state index contributed by atoms with van der Waals surface area (Å²) in [5, 5.41) is 4.64. The highest BCUT2D eigenvalue weighted by Gasteiger charge is 2.09. The molecule has 0 amide bonds. The average Bonchev–Trinajstić information content (AvgIpc) is 2.79. The summed E-state index contributed by atoms with van der Waals surface area (Å²) in [5.74, 6) is 0. The number of hydrogen-bond acceptors (Lipinski definition) is 5. The molecule has 0 atom stereocenters. The van der Waals surface area contributed by atoms with Gasteiger partial charge in [-0.25, -0.2) is 4.98 Å². The number of aromatic nitrogens is 4. The average molecular weight is 272 g/mol. The number of fused-ring (bicyclic) bond motifs is 1. The molecule has 3 aromatic rings. The Morgan fingerprint density at radius 3 is 2.89 bits per heavy atom. The van der Waals surface area contributed by atoms with Gasteiger partial charge in [0.15, 0.2) is 0 Å². The molecule has 0 radical (unpaired) electrons. The van der Waals surface area contributed by atoms with Crippen molar-refractivity contribution in [2.45, 2.75) is 20.4 Å². The highest BCUT2D eigenvalue weighted by molar-refractivity contribution is 7.05. The van der Waals surface area contributed by atoms with Gasteiger partial charge in [-0.1, -0.05) is 16.6 Å². The molecule has 2 heterocycles. The van der Waals surface area contributed by atoms with E-state index in [4.69, 9.17) is 0 Å². The zero-order valence-corrected chi connectivity index (χ0v) is 11.4. The van der Waals surface area contributed by atoms with Gasteiger partial charge in [0.1, 0.15) is 0 Å². The first-order valence-electron chi connectivity index (χ1n) is 5.89. The molecule has 0 aliphatic carbocycles. The summed E-state index contributed by atoms with van der Waals surface area (Å²) in [5.41, 5.74) is 2.53. The third kappa shape index (κ3) is 2.04. The van der Waals surface area contributed by atoms with Crippen LogP contribution in [-0.4, -0.2) is 19.1 Å². The Bertz CT molecular complexity index is 806. The van der Waals surface area contributed by atoms with E-state index in [9.17, 15) is 4.79 Å². The van der Waals surface area contributed by atoms with Crippen LogP contribution in [0.2, 0.25) is 0 Å². The Kier molecular flexibility index (Phi) is 2.87. The van der Waals surface area contributed by atoms with Gasteiger partial charge >= 0.3 is 0 Å². The van der Waals surface area contributed by atoms with Crippen molar-refractivity contribution in [3.8, 4) is 0 Å². The van der Waals surface area contributed by atoms with Gasteiger partial charge in [0.25, 0.3) is 5.56 Å². The molecule has 2 aromatic heterocycles. The minimum Gasteiger partial charge on any atom is -0.293 e. The van der Waals surface area contributed by atoms with Crippen LogP contribution in [0.4, 0.5) is 0 Å². The van der Waals surface area contributed by atoms with Crippen LogP contribution in [0.1, 0.15) is 16.1 Å². The molecule has 0 aliphatic rings. The lowest BCUT2D eigenvalue weighted by Gasteiger charge is -2.06. The molecule has 3 rings (SSSR count). The molecule has 0 bridgehead atoms. The Labute approximate surface area is 113 Å². The highest BCUT2D eigenvalue weighted by Crippen LogP contribution is 2.13. The summed E-state index contributed by atoms with van der Waals surface area (Å²) < 4.78 is 5.49. The molecule has 0 saturated heterocycles. The van der Waals surface area contributed by atoms with Crippen LogP contribution in [-0.2, 0) is 6.54 Å². The zero-order chi connectivity index (χ0) is 13.4. The Balaban J connectivity index is 2.16. The van der Waals surface area contributed by atoms with Crippen molar-refractivity contribution in [2.75, 3.05) is 0 Å². The van der Waals surface area contributed by atoms with E-state index in [1.807, 2.05) is 32.0 Å². The largest absolute Gasteiger partial charge is 0.293 e. The lowest BCUT2D eigenvalue weighted by molar-refractivity contribution is 0.752. The monoisotopic (exact) mass is 272 g/mol. The van der Waals surface area contributed by atoms with Crippen molar-refractivity contribution >= 4 is 22.4 Å². The maximum atomic E-state index is 12.5. The topological polar surface area (TPSA) is 60.7 Å². The van der Waals surface area contributed by atoms with Crippen molar-refractivity contribution in [1.82, 2.24) is 19.1 Å². The van der Waals surface area contributed by atoms with E-state index in [1.165, 1.54) is 11.5 Å². The molecule has 0 fully saturated rings. The summed E-state index contributed by atoms with van der Waals surface area (Å²) in [6.07, 6.45) is 1.59. The molecule has 0 unspecified atom stereocenters. The van der Waals surface area contributed by atoms with E-state index in [0.717, 1.165) is 21.7 Å². The molecule has 19 heavy (non-hydrogen) atoms. The lowest BCUT2D eigenvalue weighted by atomic mass is 10.1. The van der Waals surface area contributed by atoms with Gasteiger partial charge in [0, 0.05) is 0 Å². The summed E-state index contributed by atoms with van der Waals surface area (Å²) in [7, 11) is 0. The molecule has 0 saturated carbocycles. The summed E-state index contributed by atoms with van der Waals surface area (Å²) in [6, 6.07) is 5.69. The molecule has 0 aliphatic heterocycles.